The van der Waals surface area contributed by atoms with E-state index in [2.05, 4.69) is 192 Å². The molecular weight excluding hydrogens is 556 g/mol. The highest BCUT2D eigenvalue weighted by molar-refractivity contribution is 6.13. The molecule has 0 radical (unpaired) electrons. The number of aromatic nitrogens is 1. The van der Waals surface area contributed by atoms with Gasteiger partial charge in [0.25, 0.3) is 0 Å². The Morgan fingerprint density at radius 1 is 0.478 bits per heavy atom. The Kier molecular flexibility index (Phi) is 6.31. The van der Waals surface area contributed by atoms with Crippen LogP contribution in [0.1, 0.15) is 5.56 Å². The summed E-state index contributed by atoms with van der Waals surface area (Å²) in [5.74, 6) is 0.892. The van der Waals surface area contributed by atoms with E-state index in [1.807, 2.05) is 0 Å². The van der Waals surface area contributed by atoms with Crippen molar-refractivity contribution in [1.82, 2.24) is 4.57 Å². The molecule has 0 saturated heterocycles. The van der Waals surface area contributed by atoms with Crippen LogP contribution in [-0.4, -0.2) is 4.57 Å². The van der Waals surface area contributed by atoms with Gasteiger partial charge >= 0.3 is 0 Å². The van der Waals surface area contributed by atoms with Crippen LogP contribution >= 0.6 is 0 Å². The van der Waals surface area contributed by atoms with Gasteiger partial charge in [-0.2, -0.15) is 0 Å². The largest absolute Gasteiger partial charge is 0.311 e. The van der Waals surface area contributed by atoms with Crippen LogP contribution in [0.5, 0.6) is 0 Å². The van der Waals surface area contributed by atoms with E-state index in [-0.39, 0.29) is 0 Å². The van der Waals surface area contributed by atoms with Crippen LogP contribution < -0.4 is 4.90 Å². The summed E-state index contributed by atoms with van der Waals surface area (Å²) in [6, 6.07) is 50.6. The Bertz CT molecular complexity index is 2350. The first kappa shape index (κ1) is 26.5. The number of hydrogen-bond acceptors (Lipinski definition) is 1. The SMILES string of the molecule is C1=CC2C=CC(c3ccc(N(c4ccccc4)c4ccc(-n5c6ccccc6c6cc7ccccc7cc65)cc4)cc3)=CC2C=C1. The molecule has 2 heteroatoms. The van der Waals surface area contributed by atoms with Crippen molar-refractivity contribution in [3.63, 3.8) is 0 Å². The van der Waals surface area contributed by atoms with Crippen LogP contribution in [0.3, 0.4) is 0 Å². The Morgan fingerprint density at radius 2 is 1.11 bits per heavy atom. The van der Waals surface area contributed by atoms with Crippen LogP contribution in [0.4, 0.5) is 17.1 Å². The molecule has 0 N–H and O–H groups in total. The average Bonchev–Trinajstić information content (AvgIpc) is 3.45. The highest BCUT2D eigenvalue weighted by Gasteiger charge is 2.19. The zero-order valence-corrected chi connectivity index (χ0v) is 25.4. The van der Waals surface area contributed by atoms with E-state index in [4.69, 9.17) is 0 Å². The van der Waals surface area contributed by atoms with Crippen molar-refractivity contribution in [2.75, 3.05) is 4.90 Å². The first-order valence-corrected chi connectivity index (χ1v) is 16.0. The van der Waals surface area contributed by atoms with Crippen molar-refractivity contribution < 1.29 is 0 Å². The Labute approximate surface area is 269 Å². The fraction of sp³-hybridized carbons (Fsp3) is 0.0455. The molecule has 0 amide bonds. The van der Waals surface area contributed by atoms with Gasteiger partial charge in [-0.15, -0.1) is 0 Å². The van der Waals surface area contributed by atoms with E-state index in [1.165, 1.54) is 43.7 Å². The third-order valence-corrected chi connectivity index (χ3v) is 9.47. The summed E-state index contributed by atoms with van der Waals surface area (Å²) in [6.45, 7) is 0. The first-order chi connectivity index (χ1) is 22.8. The molecule has 0 spiro atoms. The van der Waals surface area contributed by atoms with E-state index < -0.39 is 0 Å². The number of rotatable bonds is 5. The third kappa shape index (κ3) is 4.50. The lowest BCUT2D eigenvalue weighted by Gasteiger charge is -2.26. The predicted octanol–water partition coefficient (Wildman–Crippen LogP) is 11.7. The van der Waals surface area contributed by atoms with Crippen molar-refractivity contribution in [1.29, 1.82) is 0 Å². The van der Waals surface area contributed by atoms with E-state index in [9.17, 15) is 0 Å². The second-order valence-corrected chi connectivity index (χ2v) is 12.2. The molecule has 218 valence electrons. The zero-order chi connectivity index (χ0) is 30.5. The van der Waals surface area contributed by atoms with Gasteiger partial charge in [-0.25, -0.2) is 0 Å². The normalized spacial score (nSPS) is 17.0. The molecule has 46 heavy (non-hydrogen) atoms. The fourth-order valence-electron chi connectivity index (χ4n) is 7.18. The average molecular weight is 589 g/mol. The summed E-state index contributed by atoms with van der Waals surface area (Å²) in [5.41, 5.74) is 9.48. The molecule has 1 aromatic heterocycles. The van der Waals surface area contributed by atoms with Gasteiger partial charge in [0.2, 0.25) is 0 Å². The molecule has 2 unspecified atom stereocenters. The fourth-order valence-corrected chi connectivity index (χ4v) is 7.18. The van der Waals surface area contributed by atoms with E-state index in [0.717, 1.165) is 22.7 Å². The number of anilines is 3. The molecule has 0 aliphatic heterocycles. The summed E-state index contributed by atoms with van der Waals surface area (Å²) in [4.78, 5) is 2.34. The highest BCUT2D eigenvalue weighted by Crippen LogP contribution is 2.39. The second-order valence-electron chi connectivity index (χ2n) is 12.2. The summed E-state index contributed by atoms with van der Waals surface area (Å²) < 4.78 is 2.40. The Morgan fingerprint density at radius 3 is 1.89 bits per heavy atom. The third-order valence-electron chi connectivity index (χ3n) is 9.47. The lowest BCUT2D eigenvalue weighted by Crippen LogP contribution is -2.11. The first-order valence-electron chi connectivity index (χ1n) is 16.0. The Hall–Kier alpha value is -5.86. The molecule has 2 atom stereocenters. The predicted molar refractivity (Wildman–Crippen MR) is 195 cm³/mol. The number of fused-ring (bicyclic) bond motifs is 5. The number of para-hydroxylation sites is 2. The number of benzene rings is 6. The minimum absolute atomic E-state index is 0.428. The summed E-state index contributed by atoms with van der Waals surface area (Å²) in [6.07, 6.45) is 15.9. The number of allylic oxidation sites excluding steroid dienone is 8. The summed E-state index contributed by atoms with van der Waals surface area (Å²) >= 11 is 0. The van der Waals surface area contributed by atoms with E-state index in [0.29, 0.717) is 11.8 Å². The van der Waals surface area contributed by atoms with Crippen molar-refractivity contribution in [3.8, 4) is 5.69 Å². The van der Waals surface area contributed by atoms with Gasteiger partial charge in [0.05, 0.1) is 11.0 Å². The molecule has 2 aliphatic rings. The Balaban J connectivity index is 1.11. The molecule has 0 bridgehead atoms. The van der Waals surface area contributed by atoms with Crippen molar-refractivity contribution in [3.05, 3.63) is 188 Å². The minimum atomic E-state index is 0.428. The van der Waals surface area contributed by atoms with Crippen molar-refractivity contribution in [2.45, 2.75) is 0 Å². The summed E-state index contributed by atoms with van der Waals surface area (Å²) in [7, 11) is 0. The van der Waals surface area contributed by atoms with Gasteiger partial charge in [-0.3, -0.25) is 0 Å². The lowest BCUT2D eigenvalue weighted by molar-refractivity contribution is 0.663. The smallest absolute Gasteiger partial charge is 0.0547 e. The number of nitrogens with zero attached hydrogens (tertiary/aromatic N) is 2. The van der Waals surface area contributed by atoms with Crippen LogP contribution in [0.15, 0.2) is 182 Å². The zero-order valence-electron chi connectivity index (χ0n) is 25.4. The van der Waals surface area contributed by atoms with Crippen LogP contribution in [-0.2, 0) is 0 Å². The van der Waals surface area contributed by atoms with Gasteiger partial charge < -0.3 is 9.47 Å². The summed E-state index contributed by atoms with van der Waals surface area (Å²) in [5, 5.41) is 5.06. The molecule has 0 fully saturated rings. The molecule has 9 rings (SSSR count). The molecule has 0 saturated carbocycles. The van der Waals surface area contributed by atoms with Crippen LogP contribution in [0.25, 0.3) is 43.8 Å². The molecule has 1 heterocycles. The van der Waals surface area contributed by atoms with E-state index >= 15 is 0 Å². The standard InChI is InChI=1S/C44H32N2/c1-2-14-37(15-3-1)45(38-22-20-32(21-23-38)36-19-18-31-10-4-5-11-33(31)28-36)39-24-26-40(27-25-39)46-43-17-9-8-16-41(43)42-29-34-12-6-7-13-35(34)30-44(42)46/h1-31,33H. The quantitative estimate of drug-likeness (QED) is 0.194. The maximum absolute atomic E-state index is 2.40. The molecule has 7 aromatic rings. The van der Waals surface area contributed by atoms with Crippen molar-refractivity contribution >= 4 is 55.2 Å². The lowest BCUT2D eigenvalue weighted by atomic mass is 9.81. The van der Waals surface area contributed by atoms with Crippen LogP contribution in [0.2, 0.25) is 0 Å². The molecule has 2 aliphatic carbocycles. The van der Waals surface area contributed by atoms with Gasteiger partial charge in [0.15, 0.2) is 0 Å². The van der Waals surface area contributed by atoms with Gasteiger partial charge in [0.1, 0.15) is 0 Å². The van der Waals surface area contributed by atoms with E-state index in [1.54, 1.807) is 0 Å². The molecule has 6 aromatic carbocycles. The second kappa shape index (κ2) is 10.9. The minimum Gasteiger partial charge on any atom is -0.311 e. The van der Waals surface area contributed by atoms with Gasteiger partial charge in [0, 0.05) is 45.4 Å². The van der Waals surface area contributed by atoms with Crippen LogP contribution in [0, 0.1) is 11.8 Å². The van der Waals surface area contributed by atoms with Crippen molar-refractivity contribution in [2.24, 2.45) is 11.8 Å². The van der Waals surface area contributed by atoms with Gasteiger partial charge in [-0.1, -0.05) is 115 Å². The molecule has 2 nitrogen and oxygen atoms in total. The maximum Gasteiger partial charge on any atom is 0.0547 e. The van der Waals surface area contributed by atoms with Gasteiger partial charge in [-0.05, 0) is 88.6 Å². The monoisotopic (exact) mass is 588 g/mol. The molecular formula is C44H32N2. The topological polar surface area (TPSA) is 8.17 Å². The highest BCUT2D eigenvalue weighted by atomic mass is 15.1. The maximum atomic E-state index is 2.40. The number of hydrogen-bond donors (Lipinski definition) is 0.